The first-order valence-electron chi connectivity index (χ1n) is 4.54. The van der Waals surface area contributed by atoms with Gasteiger partial charge in [-0.25, -0.2) is 15.0 Å². The molecule has 4 nitrogen and oxygen atoms in total. The maximum absolute atomic E-state index is 5.90. The Morgan fingerprint density at radius 3 is 2.76 bits per heavy atom. The van der Waals surface area contributed by atoms with Crippen LogP contribution in [0.15, 0.2) is 39.2 Å². The molecule has 0 saturated heterocycles. The lowest BCUT2D eigenvalue weighted by Gasteiger charge is -2.06. The van der Waals surface area contributed by atoms with Gasteiger partial charge in [0.25, 0.3) is 0 Å². The Hall–Kier alpha value is -0.850. The molecule has 0 radical (unpaired) electrons. The van der Waals surface area contributed by atoms with Crippen molar-refractivity contribution in [3.63, 3.8) is 0 Å². The first-order valence-corrected chi connectivity index (χ1v) is 6.53. The van der Waals surface area contributed by atoms with E-state index in [1.54, 1.807) is 6.20 Å². The van der Waals surface area contributed by atoms with Gasteiger partial charge >= 0.3 is 0 Å². The van der Waals surface area contributed by atoms with Gasteiger partial charge in [-0.2, -0.15) is 0 Å². The fraction of sp³-hybridized carbons (Fsp3) is 0.100. The molecule has 17 heavy (non-hydrogen) atoms. The van der Waals surface area contributed by atoms with Gasteiger partial charge in [0, 0.05) is 10.7 Å². The number of nitrogens with zero attached hydrogens (tertiary/aromatic N) is 3. The third-order valence-electron chi connectivity index (χ3n) is 1.83. The molecule has 0 atom stereocenters. The summed E-state index contributed by atoms with van der Waals surface area (Å²) in [6.07, 6.45) is 3.11. The van der Waals surface area contributed by atoms with E-state index in [-0.39, 0.29) is 0 Å². The maximum Gasteiger partial charge on any atom is 0.188 e. The number of pyridine rings is 1. The Bertz CT molecular complexity index is 523. The Morgan fingerprint density at radius 1 is 1.29 bits per heavy atom. The average Bonchev–Trinajstić information content (AvgIpc) is 2.32. The van der Waals surface area contributed by atoms with Crippen LogP contribution in [-0.2, 0) is 0 Å². The number of ether oxygens (including phenoxy) is 1. The lowest BCUT2D eigenvalue weighted by molar-refractivity contribution is 0.398. The van der Waals surface area contributed by atoms with Crippen molar-refractivity contribution in [2.45, 2.75) is 10.1 Å². The van der Waals surface area contributed by atoms with E-state index >= 15 is 0 Å². The minimum absolute atomic E-state index is 0.294. The van der Waals surface area contributed by atoms with Gasteiger partial charge in [0.05, 0.1) is 7.11 Å². The van der Waals surface area contributed by atoms with Gasteiger partial charge < -0.3 is 4.74 Å². The molecule has 2 rings (SSSR count). The highest BCUT2D eigenvalue weighted by Crippen LogP contribution is 2.35. The summed E-state index contributed by atoms with van der Waals surface area (Å²) >= 11 is 10.6. The van der Waals surface area contributed by atoms with Crippen molar-refractivity contribution in [3.8, 4) is 5.75 Å². The van der Waals surface area contributed by atoms with Crippen LogP contribution in [0.2, 0.25) is 5.15 Å². The van der Waals surface area contributed by atoms with Crippen LogP contribution in [0.25, 0.3) is 0 Å². The van der Waals surface area contributed by atoms with Crippen molar-refractivity contribution in [1.29, 1.82) is 0 Å². The monoisotopic (exact) mass is 331 g/mol. The minimum Gasteiger partial charge on any atom is -0.491 e. The molecule has 88 valence electrons. The van der Waals surface area contributed by atoms with Crippen LogP contribution in [-0.4, -0.2) is 22.1 Å². The summed E-state index contributed by atoms with van der Waals surface area (Å²) in [7, 11) is 1.53. The van der Waals surface area contributed by atoms with E-state index in [1.807, 2.05) is 12.1 Å². The zero-order chi connectivity index (χ0) is 12.3. The number of rotatable bonds is 3. The summed E-state index contributed by atoms with van der Waals surface area (Å²) in [6, 6.07) is 3.79. The summed E-state index contributed by atoms with van der Waals surface area (Å²) in [5.41, 5.74) is 0. The molecular weight excluding hydrogens is 326 g/mol. The maximum atomic E-state index is 5.90. The van der Waals surface area contributed by atoms with Crippen LogP contribution in [0.3, 0.4) is 0 Å². The molecule has 0 spiro atoms. The molecule has 2 heterocycles. The molecule has 0 aliphatic carbocycles. The normalized spacial score (nSPS) is 10.3. The predicted octanol–water partition coefficient (Wildman–Crippen LogP) is 3.45. The summed E-state index contributed by atoms with van der Waals surface area (Å²) < 4.78 is 6.08. The highest BCUT2D eigenvalue weighted by molar-refractivity contribution is 9.10. The van der Waals surface area contributed by atoms with E-state index in [9.17, 15) is 0 Å². The van der Waals surface area contributed by atoms with Gasteiger partial charge in [-0.15, -0.1) is 0 Å². The third kappa shape index (κ3) is 3.08. The number of aromatic nitrogens is 3. The van der Waals surface area contributed by atoms with Crippen molar-refractivity contribution in [3.05, 3.63) is 34.3 Å². The second-order valence-corrected chi connectivity index (χ2v) is 5.20. The number of hydrogen-bond acceptors (Lipinski definition) is 5. The first-order chi connectivity index (χ1) is 8.20. The fourth-order valence-electron chi connectivity index (χ4n) is 1.10. The van der Waals surface area contributed by atoms with Crippen LogP contribution in [0.5, 0.6) is 5.75 Å². The molecule has 7 heteroatoms. The summed E-state index contributed by atoms with van der Waals surface area (Å²) in [5, 5.41) is 1.74. The van der Waals surface area contributed by atoms with Crippen LogP contribution in [0.1, 0.15) is 0 Å². The number of methoxy groups -OCH3 is 1. The van der Waals surface area contributed by atoms with E-state index < -0.39 is 0 Å². The molecule has 0 aromatic carbocycles. The van der Waals surface area contributed by atoms with Crippen molar-refractivity contribution >= 4 is 39.3 Å². The molecule has 2 aromatic heterocycles. The Kier molecular flexibility index (Phi) is 4.20. The molecule has 0 amide bonds. The van der Waals surface area contributed by atoms with Crippen LogP contribution in [0, 0.1) is 0 Å². The minimum atomic E-state index is 0.294. The van der Waals surface area contributed by atoms with Crippen LogP contribution >= 0.6 is 39.3 Å². The Labute approximate surface area is 116 Å². The van der Waals surface area contributed by atoms with Crippen LogP contribution < -0.4 is 4.74 Å². The van der Waals surface area contributed by atoms with E-state index in [0.717, 1.165) is 9.50 Å². The quantitative estimate of drug-likeness (QED) is 0.806. The first kappa shape index (κ1) is 12.6. The molecule has 0 bridgehead atoms. The van der Waals surface area contributed by atoms with Crippen LogP contribution in [0.4, 0.5) is 0 Å². The zero-order valence-corrected chi connectivity index (χ0v) is 11.9. The second kappa shape index (κ2) is 5.66. The summed E-state index contributed by atoms with van der Waals surface area (Å²) in [5.74, 6) is 0.462. The van der Waals surface area contributed by atoms with Gasteiger partial charge in [-0.1, -0.05) is 11.6 Å². The number of halogens is 2. The van der Waals surface area contributed by atoms with E-state index in [2.05, 4.69) is 30.9 Å². The molecule has 0 fully saturated rings. The second-order valence-electron chi connectivity index (χ2n) is 2.92. The van der Waals surface area contributed by atoms with Gasteiger partial charge in [0.2, 0.25) is 0 Å². The van der Waals surface area contributed by atoms with Crippen molar-refractivity contribution in [2.75, 3.05) is 7.11 Å². The van der Waals surface area contributed by atoms with Crippen molar-refractivity contribution in [2.24, 2.45) is 0 Å². The average molecular weight is 333 g/mol. The highest BCUT2D eigenvalue weighted by Gasteiger charge is 2.12. The predicted molar refractivity (Wildman–Crippen MR) is 69.7 cm³/mol. The Balaban J connectivity index is 2.29. The molecule has 0 N–H and O–H groups in total. The number of hydrogen-bond donors (Lipinski definition) is 0. The molecule has 2 aromatic rings. The Morgan fingerprint density at radius 2 is 2.12 bits per heavy atom. The van der Waals surface area contributed by atoms with E-state index in [4.69, 9.17) is 16.3 Å². The zero-order valence-electron chi connectivity index (χ0n) is 8.72. The highest BCUT2D eigenvalue weighted by atomic mass is 79.9. The van der Waals surface area contributed by atoms with Gasteiger partial charge in [0.1, 0.15) is 16.4 Å². The van der Waals surface area contributed by atoms with Crippen molar-refractivity contribution in [1.82, 2.24) is 15.0 Å². The fourth-order valence-corrected chi connectivity index (χ4v) is 2.42. The summed E-state index contributed by atoms with van der Waals surface area (Å²) in [6.45, 7) is 0. The largest absolute Gasteiger partial charge is 0.491 e. The van der Waals surface area contributed by atoms with Crippen molar-refractivity contribution < 1.29 is 4.74 Å². The van der Waals surface area contributed by atoms with E-state index in [0.29, 0.717) is 15.9 Å². The SMILES string of the molecule is COc1c(Cl)ncnc1Sc1ccc(Br)cn1. The molecule has 0 aliphatic rings. The van der Waals surface area contributed by atoms with Gasteiger partial charge in [-0.3, -0.25) is 0 Å². The van der Waals surface area contributed by atoms with E-state index in [1.165, 1.54) is 25.2 Å². The molecule has 0 unspecified atom stereocenters. The smallest absolute Gasteiger partial charge is 0.188 e. The summed E-state index contributed by atoms with van der Waals surface area (Å²) in [4.78, 5) is 12.2. The molecular formula is C10H7BrClN3OS. The molecule has 0 aliphatic heterocycles. The topological polar surface area (TPSA) is 47.9 Å². The molecule has 0 saturated carbocycles. The standard InChI is InChI=1S/C10H7BrClN3OS/c1-16-8-9(12)14-5-15-10(8)17-7-3-2-6(11)4-13-7/h2-5H,1H3. The third-order valence-corrected chi connectivity index (χ3v) is 3.51. The lowest BCUT2D eigenvalue weighted by atomic mass is 10.5. The van der Waals surface area contributed by atoms with Gasteiger partial charge in [0.15, 0.2) is 10.9 Å². The lowest BCUT2D eigenvalue weighted by Crippen LogP contribution is -1.93. The van der Waals surface area contributed by atoms with Gasteiger partial charge in [-0.05, 0) is 39.8 Å².